The molecule has 0 aromatic heterocycles. The van der Waals surface area contributed by atoms with E-state index in [1.54, 1.807) is 0 Å². The summed E-state index contributed by atoms with van der Waals surface area (Å²) < 4.78 is 0. The molecule has 130 valence electrons. The van der Waals surface area contributed by atoms with Crippen molar-refractivity contribution in [2.75, 3.05) is 61.8 Å². The Balaban J connectivity index is -0.0000000127. The molecule has 7 nitrogen and oxygen atoms in total. The number of likely N-dealkylation sites (N-methyl/N-ethyl adjacent to an activating group) is 1. The Morgan fingerprint density at radius 3 is 0.850 bits per heavy atom. The van der Waals surface area contributed by atoms with Gasteiger partial charge in [0.1, 0.15) is 0 Å². The molecule has 0 aromatic rings. The molecule has 0 fully saturated rings. The van der Waals surface area contributed by atoms with Gasteiger partial charge in [0.05, 0.1) is 13.2 Å². The Labute approximate surface area is 155 Å². The van der Waals surface area contributed by atoms with Gasteiger partial charge in [0.25, 0.3) is 0 Å². The van der Waals surface area contributed by atoms with Crippen molar-refractivity contribution < 1.29 is 74.1 Å². The first kappa shape index (κ1) is 58.2. The van der Waals surface area contributed by atoms with E-state index < -0.39 is 0 Å². The fourth-order valence-corrected chi connectivity index (χ4v) is 0.453. The largest absolute Gasteiger partial charge is 0.400 e. The van der Waals surface area contributed by atoms with Crippen LogP contribution < -0.4 is 0 Å². The van der Waals surface area contributed by atoms with Gasteiger partial charge < -0.3 is 50.4 Å². The predicted molar refractivity (Wildman–Crippen MR) is 77.1 cm³/mol. The van der Waals surface area contributed by atoms with Crippen molar-refractivity contribution in [3.63, 3.8) is 0 Å². The van der Waals surface area contributed by atoms with E-state index in [2.05, 4.69) is 0 Å². The molecule has 0 amide bonds. The van der Waals surface area contributed by atoms with E-state index in [4.69, 9.17) is 30.6 Å². The maximum atomic E-state index is 8.34. The Kier molecular flexibility index (Phi) is 324. The van der Waals surface area contributed by atoms with Crippen molar-refractivity contribution in [1.29, 1.82) is 0 Å². The number of rotatable bonds is 4. The van der Waals surface area contributed by atoms with Crippen LogP contribution in [0.4, 0.5) is 0 Å². The second kappa shape index (κ2) is 111. The zero-order valence-corrected chi connectivity index (χ0v) is 17.1. The molecule has 0 saturated heterocycles. The molecule has 0 atom stereocenters. The minimum Gasteiger partial charge on any atom is -0.400 e. The molecule has 9 heteroatoms. The Hall–Kier alpha value is 1.15. The van der Waals surface area contributed by atoms with E-state index in [0.717, 1.165) is 28.4 Å². The number of hydrogen-bond acceptors (Lipinski definition) is 7. The van der Waals surface area contributed by atoms with Gasteiger partial charge in [-0.25, -0.2) is 0 Å². The molecule has 0 radical (unpaired) electrons. The summed E-state index contributed by atoms with van der Waals surface area (Å²) in [5.74, 6) is 0. The molecule has 0 aliphatic carbocycles. The van der Waals surface area contributed by atoms with Gasteiger partial charge in [-0.3, -0.25) is 0 Å². The molecule has 0 rings (SSSR count). The topological polar surface area (TPSA) is 125 Å². The third kappa shape index (κ3) is 123. The number of nitrogens with zero attached hydrogens (tertiary/aromatic N) is 1. The van der Waals surface area contributed by atoms with Crippen LogP contribution in [0, 0.1) is 14.9 Å². The summed E-state index contributed by atoms with van der Waals surface area (Å²) in [5, 5.41) is 44.7. The summed E-state index contributed by atoms with van der Waals surface area (Å²) >= 11 is 0. The molecule has 0 spiro atoms. The number of hydrogen-bond donors (Lipinski definition) is 6. The van der Waals surface area contributed by atoms with Crippen LogP contribution in [0.15, 0.2) is 0 Å². The molecule has 0 bridgehead atoms. The van der Waals surface area contributed by atoms with Crippen LogP contribution in [0.1, 0.15) is 0 Å². The van der Waals surface area contributed by atoms with Gasteiger partial charge in [-0.05, 0) is 7.05 Å². The molecule has 0 heterocycles. The molecular formula is C11H35NO6Ti2-2. The van der Waals surface area contributed by atoms with Crippen LogP contribution >= 0.6 is 0 Å². The fraction of sp³-hybridized carbons (Fsp3) is 0.818. The van der Waals surface area contributed by atoms with Crippen LogP contribution in [-0.2, 0) is 43.4 Å². The van der Waals surface area contributed by atoms with E-state index >= 15 is 0 Å². The SMILES string of the molecule is CN(CCO)CCO.CO.CO.CO.CO.[CH3-].[CH3-].[Ti].[Ti]. The van der Waals surface area contributed by atoms with E-state index in [9.17, 15) is 0 Å². The molecule has 0 aromatic carbocycles. The summed E-state index contributed by atoms with van der Waals surface area (Å²) in [4.78, 5) is 1.86. The van der Waals surface area contributed by atoms with E-state index in [1.807, 2.05) is 11.9 Å². The molecular weight excluding hydrogens is 338 g/mol. The Morgan fingerprint density at radius 2 is 0.750 bits per heavy atom. The zero-order valence-electron chi connectivity index (χ0n) is 14.0. The van der Waals surface area contributed by atoms with Gasteiger partial charge in [-0.15, -0.1) is 0 Å². The van der Waals surface area contributed by atoms with Crippen molar-refractivity contribution in [2.45, 2.75) is 0 Å². The van der Waals surface area contributed by atoms with Crippen molar-refractivity contribution in [3.8, 4) is 0 Å². The summed E-state index contributed by atoms with van der Waals surface area (Å²) in [6, 6.07) is 0. The second-order valence-corrected chi connectivity index (χ2v) is 1.75. The number of aliphatic hydroxyl groups is 6. The van der Waals surface area contributed by atoms with Crippen molar-refractivity contribution in [2.24, 2.45) is 0 Å². The summed E-state index contributed by atoms with van der Waals surface area (Å²) in [5.41, 5.74) is 0. The van der Waals surface area contributed by atoms with Crippen LogP contribution in [0.3, 0.4) is 0 Å². The maximum Gasteiger partial charge on any atom is 0.0558 e. The van der Waals surface area contributed by atoms with Gasteiger partial charge in [0, 0.05) is 85.0 Å². The third-order valence-electron chi connectivity index (χ3n) is 0.963. The molecule has 0 saturated carbocycles. The standard InChI is InChI=1S/C5H13NO2.4CH4O.2CH3.2Ti/c1-6(2-4-7)3-5-8;4*1-2;;;;/h7-8H,2-5H2,1H3;4*2H,1H3;2*1H3;;/q;;;;;2*-1;;. The first-order valence-electron chi connectivity index (χ1n) is 4.50. The van der Waals surface area contributed by atoms with Gasteiger partial charge in [0.15, 0.2) is 0 Å². The van der Waals surface area contributed by atoms with Crippen molar-refractivity contribution >= 4 is 0 Å². The summed E-state index contributed by atoms with van der Waals surface area (Å²) in [6.07, 6.45) is 0. The van der Waals surface area contributed by atoms with E-state index in [0.29, 0.717) is 13.1 Å². The monoisotopic (exact) mass is 373 g/mol. The predicted octanol–water partition coefficient (Wildman–Crippen LogP) is -1.77. The van der Waals surface area contributed by atoms with Gasteiger partial charge in [0.2, 0.25) is 0 Å². The van der Waals surface area contributed by atoms with Crippen LogP contribution in [0.2, 0.25) is 0 Å². The molecule has 0 aliphatic rings. The first-order chi connectivity index (χ1) is 7.81. The van der Waals surface area contributed by atoms with E-state index in [1.165, 1.54) is 0 Å². The average molecular weight is 373 g/mol. The van der Waals surface area contributed by atoms with Crippen molar-refractivity contribution in [1.82, 2.24) is 4.90 Å². The minimum atomic E-state index is 0. The molecule has 0 unspecified atom stereocenters. The molecule has 0 aliphatic heterocycles. The fourth-order valence-electron chi connectivity index (χ4n) is 0.453. The average Bonchev–Trinajstić information content (AvgIpc) is 2.40. The second-order valence-electron chi connectivity index (χ2n) is 1.75. The van der Waals surface area contributed by atoms with Gasteiger partial charge >= 0.3 is 0 Å². The quantitative estimate of drug-likeness (QED) is 0.255. The minimum absolute atomic E-state index is 0. The van der Waals surface area contributed by atoms with Crippen molar-refractivity contribution in [3.05, 3.63) is 14.9 Å². The third-order valence-corrected chi connectivity index (χ3v) is 0.963. The normalized spacial score (nSPS) is 5.40. The Morgan fingerprint density at radius 1 is 0.600 bits per heavy atom. The number of aliphatic hydroxyl groups excluding tert-OH is 6. The first-order valence-corrected chi connectivity index (χ1v) is 4.50. The maximum absolute atomic E-state index is 8.34. The summed E-state index contributed by atoms with van der Waals surface area (Å²) in [6.45, 7) is 1.61. The van der Waals surface area contributed by atoms with Gasteiger partial charge in [-0.2, -0.15) is 0 Å². The van der Waals surface area contributed by atoms with Crippen LogP contribution in [0.5, 0.6) is 0 Å². The zero-order chi connectivity index (χ0) is 14.4. The van der Waals surface area contributed by atoms with Crippen LogP contribution in [-0.4, -0.2) is 97.3 Å². The molecule has 6 N–H and O–H groups in total. The van der Waals surface area contributed by atoms with Crippen LogP contribution in [0.25, 0.3) is 0 Å². The van der Waals surface area contributed by atoms with E-state index in [-0.39, 0.29) is 71.5 Å². The molecule has 20 heavy (non-hydrogen) atoms. The van der Waals surface area contributed by atoms with Gasteiger partial charge in [-0.1, -0.05) is 0 Å². The Bertz CT molecular complexity index is 64.2. The smallest absolute Gasteiger partial charge is 0.0558 e. The summed E-state index contributed by atoms with van der Waals surface area (Å²) in [7, 11) is 5.85.